The van der Waals surface area contributed by atoms with Crippen LogP contribution in [0.1, 0.15) is 64.7 Å². The van der Waals surface area contributed by atoms with Gasteiger partial charge < -0.3 is 25.2 Å². The van der Waals surface area contributed by atoms with Crippen molar-refractivity contribution in [2.75, 3.05) is 46.9 Å². The van der Waals surface area contributed by atoms with Crippen LogP contribution in [-0.2, 0) is 9.53 Å². The molecule has 180 valence electrons. The maximum Gasteiger partial charge on any atom is 0.409 e. The first-order valence-electron chi connectivity index (χ1n) is 11.7. The van der Waals surface area contributed by atoms with Crippen molar-refractivity contribution in [3.63, 3.8) is 0 Å². The van der Waals surface area contributed by atoms with Crippen LogP contribution >= 0.6 is 24.0 Å². The van der Waals surface area contributed by atoms with E-state index in [0.717, 1.165) is 31.7 Å². The van der Waals surface area contributed by atoms with Gasteiger partial charge in [0.25, 0.3) is 0 Å². The fraction of sp³-hybridized carbons (Fsp3) is 0.864. The first kappa shape index (κ1) is 27.8. The smallest absolute Gasteiger partial charge is 0.409 e. The Morgan fingerprint density at radius 2 is 1.77 bits per heavy atom. The molecular formula is C22H42IN5O3. The molecule has 0 aromatic carbocycles. The Morgan fingerprint density at radius 1 is 1.10 bits per heavy atom. The summed E-state index contributed by atoms with van der Waals surface area (Å²) in [5, 5.41) is 6.89. The summed E-state index contributed by atoms with van der Waals surface area (Å²) in [5.74, 6) is 1.55. The third kappa shape index (κ3) is 10.7. The predicted octanol–water partition coefficient (Wildman–Crippen LogP) is 3.21. The van der Waals surface area contributed by atoms with Gasteiger partial charge in [0.05, 0.1) is 6.61 Å². The summed E-state index contributed by atoms with van der Waals surface area (Å²) in [4.78, 5) is 31.7. The van der Waals surface area contributed by atoms with Gasteiger partial charge in [-0.2, -0.15) is 0 Å². The molecule has 0 aromatic rings. The lowest BCUT2D eigenvalue weighted by Crippen LogP contribution is -2.50. The van der Waals surface area contributed by atoms with Crippen molar-refractivity contribution in [2.24, 2.45) is 10.9 Å². The lowest BCUT2D eigenvalue weighted by Gasteiger charge is -2.32. The van der Waals surface area contributed by atoms with Crippen molar-refractivity contribution in [3.8, 4) is 0 Å². The van der Waals surface area contributed by atoms with E-state index in [4.69, 9.17) is 4.74 Å². The number of rotatable bonds is 8. The highest BCUT2D eigenvalue weighted by Crippen LogP contribution is 2.26. The number of carbonyl (C=O) groups excluding carboxylic acids is 2. The Bertz CT molecular complexity index is 559. The molecule has 0 atom stereocenters. The summed E-state index contributed by atoms with van der Waals surface area (Å²) in [7, 11) is 3.49. The van der Waals surface area contributed by atoms with Crippen molar-refractivity contribution >= 4 is 41.9 Å². The van der Waals surface area contributed by atoms with Gasteiger partial charge in [0.1, 0.15) is 6.54 Å². The maximum atomic E-state index is 12.0. The highest BCUT2D eigenvalue weighted by Gasteiger charge is 2.24. The van der Waals surface area contributed by atoms with E-state index in [1.165, 1.54) is 38.5 Å². The van der Waals surface area contributed by atoms with E-state index in [9.17, 15) is 9.59 Å². The zero-order chi connectivity index (χ0) is 21.8. The number of hydrogen-bond acceptors (Lipinski definition) is 4. The van der Waals surface area contributed by atoms with Crippen LogP contribution in [0.4, 0.5) is 4.79 Å². The number of hydrogen-bond donors (Lipinski definition) is 2. The monoisotopic (exact) mass is 551 g/mol. The number of nitrogens with one attached hydrogen (secondary N) is 2. The van der Waals surface area contributed by atoms with Gasteiger partial charge in [-0.25, -0.2) is 9.79 Å². The van der Waals surface area contributed by atoms with E-state index in [1.807, 2.05) is 6.92 Å². The highest BCUT2D eigenvalue weighted by molar-refractivity contribution is 14.0. The summed E-state index contributed by atoms with van der Waals surface area (Å²) in [6.07, 6.45) is 10.7. The molecule has 1 heterocycles. The number of piperidine rings is 1. The van der Waals surface area contributed by atoms with E-state index >= 15 is 0 Å². The third-order valence-corrected chi connectivity index (χ3v) is 6.04. The highest BCUT2D eigenvalue weighted by atomic mass is 127. The van der Waals surface area contributed by atoms with Crippen LogP contribution in [-0.4, -0.2) is 80.7 Å². The Hall–Kier alpha value is -1.26. The fourth-order valence-corrected chi connectivity index (χ4v) is 4.13. The van der Waals surface area contributed by atoms with E-state index in [0.29, 0.717) is 25.7 Å². The Balaban J connectivity index is 0.00000480. The third-order valence-electron chi connectivity index (χ3n) is 6.04. The SMILES string of the molecule is CCOC(=O)N1CCC(NC(=NCC(=O)N(C)C)NCCCC2CCCCC2)CC1.I. The molecular weight excluding hydrogens is 509 g/mol. The van der Waals surface area contributed by atoms with Gasteiger partial charge in [-0.3, -0.25) is 4.79 Å². The Labute approximate surface area is 204 Å². The average molecular weight is 552 g/mol. The number of nitrogens with zero attached hydrogens (tertiary/aromatic N) is 3. The van der Waals surface area contributed by atoms with Crippen molar-refractivity contribution < 1.29 is 14.3 Å². The van der Waals surface area contributed by atoms with Crippen LogP contribution in [0.15, 0.2) is 4.99 Å². The summed E-state index contributed by atoms with van der Waals surface area (Å²) < 4.78 is 5.09. The van der Waals surface area contributed by atoms with Gasteiger partial charge in [-0.15, -0.1) is 24.0 Å². The second kappa shape index (κ2) is 15.5. The second-order valence-electron chi connectivity index (χ2n) is 8.63. The molecule has 1 saturated carbocycles. The van der Waals surface area contributed by atoms with Crippen molar-refractivity contribution in [2.45, 2.75) is 70.8 Å². The minimum Gasteiger partial charge on any atom is -0.450 e. The first-order chi connectivity index (χ1) is 14.5. The normalized spacial score (nSPS) is 18.2. The minimum absolute atomic E-state index is 0. The van der Waals surface area contributed by atoms with Crippen LogP contribution in [0.2, 0.25) is 0 Å². The van der Waals surface area contributed by atoms with Crippen LogP contribution < -0.4 is 10.6 Å². The molecule has 1 saturated heterocycles. The second-order valence-corrected chi connectivity index (χ2v) is 8.63. The Morgan fingerprint density at radius 3 is 2.39 bits per heavy atom. The molecule has 9 heteroatoms. The van der Waals surface area contributed by atoms with Gasteiger partial charge >= 0.3 is 6.09 Å². The molecule has 2 fully saturated rings. The number of aliphatic imine (C=N–C) groups is 1. The van der Waals surface area contributed by atoms with Gasteiger partial charge in [0.15, 0.2) is 5.96 Å². The molecule has 2 amide bonds. The number of halogens is 1. The van der Waals surface area contributed by atoms with E-state index in [2.05, 4.69) is 15.6 Å². The van der Waals surface area contributed by atoms with Gasteiger partial charge in [0.2, 0.25) is 5.91 Å². The maximum absolute atomic E-state index is 12.0. The number of likely N-dealkylation sites (tertiary alicyclic amines) is 1. The first-order valence-corrected chi connectivity index (χ1v) is 11.7. The lowest BCUT2D eigenvalue weighted by molar-refractivity contribution is -0.127. The number of amides is 2. The topological polar surface area (TPSA) is 86.3 Å². The lowest BCUT2D eigenvalue weighted by atomic mass is 9.86. The standard InChI is InChI=1S/C22H41N5O3.HI/c1-4-30-22(29)27-15-12-19(13-16-27)25-21(24-17-20(28)26(2)3)23-14-8-11-18-9-6-5-7-10-18;/h18-19H,4-17H2,1-3H3,(H2,23,24,25);1H. The predicted molar refractivity (Wildman–Crippen MR) is 135 cm³/mol. The summed E-state index contributed by atoms with van der Waals surface area (Å²) in [6.45, 7) is 4.55. The number of likely N-dealkylation sites (N-methyl/N-ethyl adjacent to an activating group) is 1. The molecule has 1 aliphatic carbocycles. The minimum atomic E-state index is -0.234. The molecule has 8 nitrogen and oxygen atoms in total. The van der Waals surface area contributed by atoms with Gasteiger partial charge in [0, 0.05) is 39.8 Å². The molecule has 2 N–H and O–H groups in total. The average Bonchev–Trinajstić information content (AvgIpc) is 2.75. The van der Waals surface area contributed by atoms with Crippen LogP contribution in [0.3, 0.4) is 0 Å². The molecule has 2 rings (SSSR count). The molecule has 0 bridgehead atoms. The van der Waals surface area contributed by atoms with E-state index in [1.54, 1.807) is 23.9 Å². The zero-order valence-corrected chi connectivity index (χ0v) is 21.9. The van der Waals surface area contributed by atoms with Crippen molar-refractivity contribution in [3.05, 3.63) is 0 Å². The number of guanidine groups is 1. The quantitative estimate of drug-likeness (QED) is 0.210. The number of ether oxygens (including phenoxy) is 1. The zero-order valence-electron chi connectivity index (χ0n) is 19.5. The van der Waals surface area contributed by atoms with Gasteiger partial charge in [-0.1, -0.05) is 32.1 Å². The number of carbonyl (C=O) groups is 2. The molecule has 0 spiro atoms. The molecule has 0 aromatic heterocycles. The molecule has 31 heavy (non-hydrogen) atoms. The van der Waals surface area contributed by atoms with Crippen molar-refractivity contribution in [1.82, 2.24) is 20.4 Å². The molecule has 0 radical (unpaired) electrons. The van der Waals surface area contributed by atoms with Crippen molar-refractivity contribution in [1.29, 1.82) is 0 Å². The summed E-state index contributed by atoms with van der Waals surface area (Å²) in [6, 6.07) is 0.231. The fourth-order valence-electron chi connectivity index (χ4n) is 4.13. The van der Waals surface area contributed by atoms with Gasteiger partial charge in [-0.05, 0) is 38.5 Å². The van der Waals surface area contributed by atoms with Crippen LogP contribution in [0.25, 0.3) is 0 Å². The largest absolute Gasteiger partial charge is 0.450 e. The molecule has 2 aliphatic rings. The van der Waals surface area contributed by atoms with Crippen LogP contribution in [0.5, 0.6) is 0 Å². The Kier molecular flexibility index (Phi) is 13.9. The van der Waals surface area contributed by atoms with E-state index in [-0.39, 0.29) is 48.6 Å². The molecule has 0 unspecified atom stereocenters. The molecule has 1 aliphatic heterocycles. The van der Waals surface area contributed by atoms with Crippen LogP contribution in [0, 0.1) is 5.92 Å². The summed E-state index contributed by atoms with van der Waals surface area (Å²) >= 11 is 0. The van der Waals surface area contributed by atoms with E-state index < -0.39 is 0 Å². The summed E-state index contributed by atoms with van der Waals surface area (Å²) in [5.41, 5.74) is 0.